The van der Waals surface area contributed by atoms with Crippen LogP contribution in [0.25, 0.3) is 0 Å². The third-order valence-corrected chi connectivity index (χ3v) is 4.67. The first kappa shape index (κ1) is 19.7. The fraction of sp³-hybridized carbons (Fsp3) is 0.333. The van der Waals surface area contributed by atoms with Crippen LogP contribution in [0.5, 0.6) is 5.75 Å². The molecule has 0 aliphatic heterocycles. The SMILES string of the molecule is CCOc1cc(C(=O)N(C)C)ccc1NC(=O)NC1c2ccccc2CC1O. The number of urea groups is 1. The first-order chi connectivity index (χ1) is 13.4. The molecular weight excluding hydrogens is 358 g/mol. The van der Waals surface area contributed by atoms with Gasteiger partial charge in [-0.05, 0) is 36.2 Å². The fourth-order valence-electron chi connectivity index (χ4n) is 3.34. The molecule has 3 rings (SSSR count). The van der Waals surface area contributed by atoms with Gasteiger partial charge in [-0.2, -0.15) is 0 Å². The van der Waals surface area contributed by atoms with E-state index in [1.54, 1.807) is 32.3 Å². The van der Waals surface area contributed by atoms with Crippen molar-refractivity contribution in [3.8, 4) is 5.75 Å². The van der Waals surface area contributed by atoms with Crippen LogP contribution in [-0.2, 0) is 6.42 Å². The summed E-state index contributed by atoms with van der Waals surface area (Å²) in [6.07, 6.45) is -0.165. The average Bonchev–Trinajstić information content (AvgIpc) is 2.98. The monoisotopic (exact) mass is 383 g/mol. The van der Waals surface area contributed by atoms with Gasteiger partial charge in [-0.25, -0.2) is 4.79 Å². The van der Waals surface area contributed by atoms with E-state index in [0.717, 1.165) is 11.1 Å². The summed E-state index contributed by atoms with van der Waals surface area (Å²) in [6, 6.07) is 11.6. The lowest BCUT2D eigenvalue weighted by atomic mass is 10.1. The van der Waals surface area contributed by atoms with Crippen LogP contribution in [-0.4, -0.2) is 48.8 Å². The molecule has 1 aliphatic rings. The predicted molar refractivity (Wildman–Crippen MR) is 107 cm³/mol. The lowest BCUT2D eigenvalue weighted by Crippen LogP contribution is -2.36. The molecule has 0 aromatic heterocycles. The fourth-order valence-corrected chi connectivity index (χ4v) is 3.34. The Bertz CT molecular complexity index is 882. The molecule has 2 aromatic carbocycles. The number of anilines is 1. The van der Waals surface area contributed by atoms with Crippen molar-refractivity contribution in [2.24, 2.45) is 0 Å². The Morgan fingerprint density at radius 2 is 1.96 bits per heavy atom. The molecule has 3 N–H and O–H groups in total. The van der Waals surface area contributed by atoms with Gasteiger partial charge < -0.3 is 25.4 Å². The van der Waals surface area contributed by atoms with Crippen molar-refractivity contribution in [1.29, 1.82) is 0 Å². The molecule has 0 spiro atoms. The second-order valence-corrected chi connectivity index (χ2v) is 6.89. The Balaban J connectivity index is 1.75. The van der Waals surface area contributed by atoms with Gasteiger partial charge in [-0.15, -0.1) is 0 Å². The molecule has 2 atom stereocenters. The summed E-state index contributed by atoms with van der Waals surface area (Å²) in [4.78, 5) is 26.2. The van der Waals surface area contributed by atoms with Crippen LogP contribution >= 0.6 is 0 Å². The minimum Gasteiger partial charge on any atom is -0.492 e. The maximum Gasteiger partial charge on any atom is 0.319 e. The Kier molecular flexibility index (Phi) is 5.84. The number of nitrogens with zero attached hydrogens (tertiary/aromatic N) is 1. The molecule has 1 aliphatic carbocycles. The van der Waals surface area contributed by atoms with Gasteiger partial charge in [0, 0.05) is 26.1 Å². The molecule has 148 valence electrons. The number of amides is 3. The molecule has 2 aromatic rings. The van der Waals surface area contributed by atoms with E-state index in [1.165, 1.54) is 4.90 Å². The largest absolute Gasteiger partial charge is 0.492 e. The highest BCUT2D eigenvalue weighted by Gasteiger charge is 2.32. The van der Waals surface area contributed by atoms with Crippen LogP contribution in [0.1, 0.15) is 34.5 Å². The van der Waals surface area contributed by atoms with Gasteiger partial charge in [0.1, 0.15) is 5.75 Å². The average molecular weight is 383 g/mol. The van der Waals surface area contributed by atoms with Crippen LogP contribution in [0.3, 0.4) is 0 Å². The lowest BCUT2D eigenvalue weighted by molar-refractivity contribution is 0.0827. The molecule has 3 amide bonds. The van der Waals surface area contributed by atoms with E-state index in [9.17, 15) is 14.7 Å². The summed E-state index contributed by atoms with van der Waals surface area (Å²) in [5.74, 6) is 0.264. The minimum absolute atomic E-state index is 0.150. The third-order valence-electron chi connectivity index (χ3n) is 4.67. The first-order valence-electron chi connectivity index (χ1n) is 9.22. The predicted octanol–water partition coefficient (Wildman–Crippen LogP) is 2.57. The number of aliphatic hydroxyl groups excluding tert-OH is 1. The zero-order valence-corrected chi connectivity index (χ0v) is 16.2. The number of aliphatic hydroxyl groups is 1. The second-order valence-electron chi connectivity index (χ2n) is 6.89. The van der Waals surface area contributed by atoms with Gasteiger partial charge in [0.05, 0.1) is 24.4 Å². The summed E-state index contributed by atoms with van der Waals surface area (Å²) < 4.78 is 5.59. The summed E-state index contributed by atoms with van der Waals surface area (Å²) >= 11 is 0. The number of ether oxygens (including phenoxy) is 1. The molecule has 0 saturated heterocycles. The van der Waals surface area contributed by atoms with Gasteiger partial charge in [0.2, 0.25) is 0 Å². The Morgan fingerprint density at radius 1 is 1.21 bits per heavy atom. The van der Waals surface area contributed by atoms with Crippen molar-refractivity contribution in [2.45, 2.75) is 25.5 Å². The zero-order chi connectivity index (χ0) is 20.3. The van der Waals surface area contributed by atoms with Crippen molar-refractivity contribution >= 4 is 17.6 Å². The summed E-state index contributed by atoms with van der Waals surface area (Å²) in [5.41, 5.74) is 2.87. The highest BCUT2D eigenvalue weighted by Crippen LogP contribution is 2.32. The van der Waals surface area contributed by atoms with E-state index >= 15 is 0 Å². The highest BCUT2D eigenvalue weighted by molar-refractivity contribution is 5.97. The van der Waals surface area contributed by atoms with Crippen molar-refractivity contribution < 1.29 is 19.4 Å². The number of rotatable bonds is 5. The molecule has 0 fully saturated rings. The first-order valence-corrected chi connectivity index (χ1v) is 9.22. The van der Waals surface area contributed by atoms with Gasteiger partial charge in [0.25, 0.3) is 5.91 Å². The van der Waals surface area contributed by atoms with E-state index in [2.05, 4.69) is 10.6 Å². The maximum atomic E-state index is 12.5. The van der Waals surface area contributed by atoms with E-state index in [1.807, 2.05) is 31.2 Å². The lowest BCUT2D eigenvalue weighted by Gasteiger charge is -2.20. The molecule has 7 heteroatoms. The van der Waals surface area contributed by atoms with Crippen LogP contribution in [0.15, 0.2) is 42.5 Å². The molecule has 0 heterocycles. The third kappa shape index (κ3) is 4.09. The zero-order valence-electron chi connectivity index (χ0n) is 16.2. The number of fused-ring (bicyclic) bond motifs is 1. The van der Waals surface area contributed by atoms with E-state index in [4.69, 9.17) is 4.74 Å². The quantitative estimate of drug-likeness (QED) is 0.740. The number of nitrogens with one attached hydrogen (secondary N) is 2. The second kappa shape index (κ2) is 8.31. The molecule has 7 nitrogen and oxygen atoms in total. The molecule has 2 unspecified atom stereocenters. The molecule has 28 heavy (non-hydrogen) atoms. The molecule has 0 radical (unpaired) electrons. The number of hydrogen-bond donors (Lipinski definition) is 3. The van der Waals surface area contributed by atoms with Crippen LogP contribution < -0.4 is 15.4 Å². The summed E-state index contributed by atoms with van der Waals surface area (Å²) in [5, 5.41) is 15.9. The smallest absolute Gasteiger partial charge is 0.319 e. The number of hydrogen-bond acceptors (Lipinski definition) is 4. The van der Waals surface area contributed by atoms with Crippen LogP contribution in [0.2, 0.25) is 0 Å². The Labute approximate surface area is 164 Å². The Hall–Kier alpha value is -3.06. The topological polar surface area (TPSA) is 90.9 Å². The van der Waals surface area contributed by atoms with Crippen LogP contribution in [0.4, 0.5) is 10.5 Å². The van der Waals surface area contributed by atoms with Crippen molar-refractivity contribution in [1.82, 2.24) is 10.2 Å². The number of carbonyl (C=O) groups is 2. The van der Waals surface area contributed by atoms with Crippen molar-refractivity contribution in [2.75, 3.05) is 26.0 Å². The molecular formula is C21H25N3O4. The van der Waals surface area contributed by atoms with Gasteiger partial charge in [0.15, 0.2) is 0 Å². The van der Waals surface area contributed by atoms with Crippen LogP contribution in [0, 0.1) is 0 Å². The molecule has 0 bridgehead atoms. The van der Waals surface area contributed by atoms with E-state index in [-0.39, 0.29) is 5.91 Å². The normalized spacial score (nSPS) is 17.6. The minimum atomic E-state index is -0.672. The number of carbonyl (C=O) groups excluding carboxylic acids is 2. The van der Waals surface area contributed by atoms with Gasteiger partial charge in [-0.1, -0.05) is 24.3 Å². The molecule has 0 saturated carbocycles. The summed E-state index contributed by atoms with van der Waals surface area (Å²) in [6.45, 7) is 2.22. The highest BCUT2D eigenvalue weighted by atomic mass is 16.5. The van der Waals surface area contributed by atoms with Gasteiger partial charge >= 0.3 is 6.03 Å². The Morgan fingerprint density at radius 3 is 2.68 bits per heavy atom. The maximum absolute atomic E-state index is 12.5. The van der Waals surface area contributed by atoms with Crippen molar-refractivity contribution in [3.05, 3.63) is 59.2 Å². The van der Waals surface area contributed by atoms with E-state index in [0.29, 0.717) is 30.0 Å². The van der Waals surface area contributed by atoms with Gasteiger partial charge in [-0.3, -0.25) is 4.79 Å². The standard InChI is InChI=1S/C21H25N3O4/c1-4-28-18-12-14(20(26)24(2)3)9-10-16(18)22-21(27)23-19-15-8-6-5-7-13(15)11-17(19)25/h5-10,12,17,19,25H,4,11H2,1-3H3,(H2,22,23,27). The van der Waals surface area contributed by atoms with E-state index < -0.39 is 18.2 Å². The summed E-state index contributed by atoms with van der Waals surface area (Å²) in [7, 11) is 3.35. The number of benzene rings is 2. The van der Waals surface area contributed by atoms with Crippen molar-refractivity contribution in [3.63, 3.8) is 0 Å².